The zero-order chi connectivity index (χ0) is 17.7. The average molecular weight is 335 g/mol. The maximum Gasteiger partial charge on any atom is 0.328 e. The van der Waals surface area contributed by atoms with Crippen LogP contribution in [0, 0.1) is 11.3 Å². The van der Waals surface area contributed by atoms with Crippen LogP contribution >= 0.6 is 0 Å². The van der Waals surface area contributed by atoms with Crippen molar-refractivity contribution in [1.82, 2.24) is 14.5 Å². The van der Waals surface area contributed by atoms with E-state index in [1.165, 1.54) is 0 Å². The fraction of sp³-hybridized carbons (Fsp3) is 0.118. The van der Waals surface area contributed by atoms with Crippen molar-refractivity contribution in [3.8, 4) is 11.9 Å². The quantitative estimate of drug-likeness (QED) is 0.605. The van der Waals surface area contributed by atoms with Crippen LogP contribution in [-0.4, -0.2) is 14.5 Å². The first-order valence-electron chi connectivity index (χ1n) is 7.49. The van der Waals surface area contributed by atoms with E-state index >= 15 is 0 Å². The number of H-pyrrole nitrogens is 2. The molecule has 0 aliphatic carbocycles. The molecule has 0 saturated carbocycles. The SMILES string of the molecule is Cn1cc([C@H]2C(C#N)=C(N)Oc3[nH]c(=O)[nH]c(=O)c32)c2ccccc21. The number of nitrogens with two attached hydrogens (primary N) is 1. The van der Waals surface area contributed by atoms with Gasteiger partial charge in [-0.2, -0.15) is 5.26 Å². The first kappa shape index (κ1) is 14.8. The highest BCUT2D eigenvalue weighted by atomic mass is 16.5. The van der Waals surface area contributed by atoms with Gasteiger partial charge in [-0.1, -0.05) is 18.2 Å². The van der Waals surface area contributed by atoms with Crippen LogP contribution in [0.4, 0.5) is 0 Å². The molecule has 4 N–H and O–H groups in total. The molecule has 2 aromatic heterocycles. The molecular weight excluding hydrogens is 322 g/mol. The van der Waals surface area contributed by atoms with Gasteiger partial charge in [-0.05, 0) is 11.6 Å². The second kappa shape index (κ2) is 5.14. The maximum absolute atomic E-state index is 12.4. The number of aryl methyl sites for hydroxylation is 1. The van der Waals surface area contributed by atoms with Crippen LogP contribution in [-0.2, 0) is 7.05 Å². The van der Waals surface area contributed by atoms with Crippen molar-refractivity contribution in [2.45, 2.75) is 5.92 Å². The summed E-state index contributed by atoms with van der Waals surface area (Å²) in [6, 6.07) is 9.67. The average Bonchev–Trinajstić information content (AvgIpc) is 2.90. The minimum Gasteiger partial charge on any atom is -0.424 e. The van der Waals surface area contributed by atoms with Crippen LogP contribution < -0.4 is 21.7 Å². The van der Waals surface area contributed by atoms with Crippen molar-refractivity contribution in [2.75, 3.05) is 0 Å². The molecule has 3 aromatic rings. The fourth-order valence-corrected chi connectivity index (χ4v) is 3.30. The predicted octanol–water partition coefficient (Wildman–Crippen LogP) is 0.773. The monoisotopic (exact) mass is 335 g/mol. The lowest BCUT2D eigenvalue weighted by Gasteiger charge is -2.24. The summed E-state index contributed by atoms with van der Waals surface area (Å²) in [7, 11) is 1.88. The highest BCUT2D eigenvalue weighted by Gasteiger charge is 2.35. The number of ether oxygens (including phenoxy) is 1. The van der Waals surface area contributed by atoms with Gasteiger partial charge in [0, 0.05) is 24.1 Å². The smallest absolute Gasteiger partial charge is 0.328 e. The summed E-state index contributed by atoms with van der Waals surface area (Å²) in [6.45, 7) is 0. The Hall–Kier alpha value is -3.73. The Morgan fingerprint density at radius 1 is 1.28 bits per heavy atom. The number of nitrogens with zero attached hydrogens (tertiary/aromatic N) is 2. The molecule has 1 aromatic carbocycles. The third-order valence-electron chi connectivity index (χ3n) is 4.36. The van der Waals surface area contributed by atoms with Crippen molar-refractivity contribution in [3.05, 3.63) is 73.9 Å². The molecule has 8 nitrogen and oxygen atoms in total. The van der Waals surface area contributed by atoms with E-state index in [0.29, 0.717) is 0 Å². The number of benzene rings is 1. The van der Waals surface area contributed by atoms with Gasteiger partial charge < -0.3 is 15.0 Å². The van der Waals surface area contributed by atoms with Crippen LogP contribution in [0.1, 0.15) is 17.0 Å². The summed E-state index contributed by atoms with van der Waals surface area (Å²) in [5, 5.41) is 10.5. The van der Waals surface area contributed by atoms with Gasteiger partial charge in [-0.3, -0.25) is 14.8 Å². The Morgan fingerprint density at radius 2 is 2.04 bits per heavy atom. The molecule has 25 heavy (non-hydrogen) atoms. The number of allylic oxidation sites excluding steroid dienone is 1. The molecule has 1 aliphatic heterocycles. The summed E-state index contributed by atoms with van der Waals surface area (Å²) in [4.78, 5) is 28.6. The maximum atomic E-state index is 12.4. The molecule has 1 atom stereocenters. The van der Waals surface area contributed by atoms with E-state index in [0.717, 1.165) is 16.5 Å². The number of aromatic nitrogens is 3. The largest absolute Gasteiger partial charge is 0.424 e. The van der Waals surface area contributed by atoms with Crippen molar-refractivity contribution >= 4 is 10.9 Å². The van der Waals surface area contributed by atoms with Crippen molar-refractivity contribution < 1.29 is 4.74 Å². The standard InChI is InChI=1S/C17H13N5O3/c1-22-7-10(8-4-2-3-5-11(8)22)12-9(6-18)14(19)25-16-13(12)15(23)20-17(24)21-16/h2-5,7,12H,19H2,1H3,(H2,20,21,23,24)/t12-/m1/s1. The highest BCUT2D eigenvalue weighted by molar-refractivity contribution is 5.86. The van der Waals surface area contributed by atoms with Crippen LogP contribution in [0.5, 0.6) is 5.88 Å². The highest BCUT2D eigenvalue weighted by Crippen LogP contribution is 2.41. The second-order valence-electron chi connectivity index (χ2n) is 5.79. The summed E-state index contributed by atoms with van der Waals surface area (Å²) < 4.78 is 7.23. The van der Waals surface area contributed by atoms with Gasteiger partial charge in [-0.15, -0.1) is 0 Å². The minimum absolute atomic E-state index is 0.0387. The lowest BCUT2D eigenvalue weighted by molar-refractivity contribution is 0.373. The molecule has 0 bridgehead atoms. The zero-order valence-electron chi connectivity index (χ0n) is 13.2. The zero-order valence-corrected chi connectivity index (χ0v) is 13.2. The van der Waals surface area contributed by atoms with Gasteiger partial charge in [0.05, 0.1) is 11.5 Å². The first-order valence-corrected chi connectivity index (χ1v) is 7.49. The summed E-state index contributed by atoms with van der Waals surface area (Å²) in [5.41, 5.74) is 6.53. The normalized spacial score (nSPS) is 16.4. The molecule has 0 radical (unpaired) electrons. The summed E-state index contributed by atoms with van der Waals surface area (Å²) >= 11 is 0. The molecule has 8 heteroatoms. The summed E-state index contributed by atoms with van der Waals surface area (Å²) in [5.74, 6) is -0.905. The van der Waals surface area contributed by atoms with Crippen LogP contribution in [0.15, 0.2) is 51.5 Å². The molecule has 0 saturated heterocycles. The summed E-state index contributed by atoms with van der Waals surface area (Å²) in [6.07, 6.45) is 1.85. The van der Waals surface area contributed by atoms with E-state index in [1.807, 2.05) is 48.1 Å². The van der Waals surface area contributed by atoms with Gasteiger partial charge in [0.1, 0.15) is 11.6 Å². The van der Waals surface area contributed by atoms with E-state index < -0.39 is 17.2 Å². The second-order valence-corrected chi connectivity index (χ2v) is 5.79. The molecule has 0 amide bonds. The van der Waals surface area contributed by atoms with E-state index in [9.17, 15) is 14.9 Å². The van der Waals surface area contributed by atoms with Crippen molar-refractivity contribution in [2.24, 2.45) is 12.8 Å². The lowest BCUT2D eigenvalue weighted by Crippen LogP contribution is -2.33. The van der Waals surface area contributed by atoms with E-state index in [1.54, 1.807) is 0 Å². The number of nitrogens with one attached hydrogen (secondary N) is 2. The molecule has 1 aliphatic rings. The molecular formula is C17H13N5O3. The predicted molar refractivity (Wildman–Crippen MR) is 89.9 cm³/mol. The number of nitriles is 1. The molecule has 0 unspecified atom stereocenters. The van der Waals surface area contributed by atoms with Gasteiger partial charge in [0.25, 0.3) is 5.56 Å². The van der Waals surface area contributed by atoms with E-state index in [4.69, 9.17) is 10.5 Å². The van der Waals surface area contributed by atoms with Gasteiger partial charge in [0.2, 0.25) is 11.8 Å². The Morgan fingerprint density at radius 3 is 2.80 bits per heavy atom. The number of rotatable bonds is 1. The molecule has 124 valence electrons. The number of fused-ring (bicyclic) bond motifs is 2. The number of hydrogen-bond donors (Lipinski definition) is 3. The van der Waals surface area contributed by atoms with E-state index in [-0.39, 0.29) is 22.9 Å². The van der Waals surface area contributed by atoms with Crippen LogP contribution in [0.3, 0.4) is 0 Å². The topological polar surface area (TPSA) is 130 Å². The molecule has 4 rings (SSSR count). The third-order valence-corrected chi connectivity index (χ3v) is 4.36. The number of hydrogen-bond acceptors (Lipinski definition) is 5. The van der Waals surface area contributed by atoms with E-state index in [2.05, 4.69) is 9.97 Å². The Bertz CT molecular complexity index is 1210. The van der Waals surface area contributed by atoms with Gasteiger partial charge in [-0.25, -0.2) is 4.79 Å². The number of para-hydroxylation sites is 1. The lowest BCUT2D eigenvalue weighted by atomic mass is 9.85. The fourth-order valence-electron chi connectivity index (χ4n) is 3.30. The van der Waals surface area contributed by atoms with Gasteiger partial charge in [0.15, 0.2) is 0 Å². The van der Waals surface area contributed by atoms with Crippen LogP contribution in [0.2, 0.25) is 0 Å². The molecule has 0 fully saturated rings. The molecule has 3 heterocycles. The van der Waals surface area contributed by atoms with Crippen molar-refractivity contribution in [3.63, 3.8) is 0 Å². The first-order chi connectivity index (χ1) is 12.0. The minimum atomic E-state index is -0.736. The Labute approximate surface area is 140 Å². The van der Waals surface area contributed by atoms with Gasteiger partial charge >= 0.3 is 5.69 Å². The van der Waals surface area contributed by atoms with Crippen LogP contribution in [0.25, 0.3) is 10.9 Å². The molecule has 0 spiro atoms. The van der Waals surface area contributed by atoms with Crippen molar-refractivity contribution in [1.29, 1.82) is 5.26 Å². The number of aromatic amines is 2. The Kier molecular flexibility index (Phi) is 3.05. The Balaban J connectivity index is 2.11. The third kappa shape index (κ3) is 2.06.